The summed E-state index contributed by atoms with van der Waals surface area (Å²) in [5.74, 6) is 0. The molecule has 1 nitrogen and oxygen atoms in total. The molecule has 0 bridgehead atoms. The van der Waals surface area contributed by atoms with Gasteiger partial charge < -0.3 is 0 Å². The predicted molar refractivity (Wildman–Crippen MR) is 79.3 cm³/mol. The third kappa shape index (κ3) is 3.73. The van der Waals surface area contributed by atoms with Gasteiger partial charge in [0.05, 0.1) is 0 Å². The molecule has 1 fully saturated rings. The molecule has 0 atom stereocenters. The number of likely N-dealkylation sites (tertiary alicyclic amines) is 1. The maximum atomic E-state index is 6.26. The maximum absolute atomic E-state index is 6.26. The van der Waals surface area contributed by atoms with Gasteiger partial charge in [-0.3, -0.25) is 4.90 Å². The smallest absolute Gasteiger partial charge is 0.0412 e. The summed E-state index contributed by atoms with van der Waals surface area (Å²) in [6, 6.07) is 6.53. The Morgan fingerprint density at radius 1 is 1.06 bits per heavy atom. The molecule has 0 amide bonds. The molecule has 0 spiro atoms. The Bertz CT molecular complexity index is 400. The van der Waals surface area contributed by atoms with Crippen LogP contribution in [0.5, 0.6) is 0 Å². The molecule has 1 aliphatic heterocycles. The van der Waals surface area contributed by atoms with Crippen molar-refractivity contribution in [2.45, 2.75) is 52.0 Å². The van der Waals surface area contributed by atoms with Gasteiger partial charge in [0, 0.05) is 11.6 Å². The first-order chi connectivity index (χ1) is 8.45. The second-order valence-corrected chi connectivity index (χ2v) is 6.87. The van der Waals surface area contributed by atoms with E-state index in [2.05, 4.69) is 43.9 Å². The molecule has 0 N–H and O–H groups in total. The molecule has 1 aliphatic rings. The molecule has 1 heterocycles. The fraction of sp³-hybridized carbons (Fsp3) is 0.625. The minimum Gasteiger partial charge on any atom is -0.299 e. The van der Waals surface area contributed by atoms with E-state index in [0.29, 0.717) is 0 Å². The van der Waals surface area contributed by atoms with Crippen molar-refractivity contribution in [3.8, 4) is 0 Å². The van der Waals surface area contributed by atoms with Gasteiger partial charge in [0.1, 0.15) is 0 Å². The lowest BCUT2D eigenvalue weighted by atomic mass is 9.86. The summed E-state index contributed by atoms with van der Waals surface area (Å²) in [5, 5.41) is 0.870. The Morgan fingerprint density at radius 3 is 2.33 bits per heavy atom. The van der Waals surface area contributed by atoms with E-state index < -0.39 is 0 Å². The van der Waals surface area contributed by atoms with Crippen LogP contribution in [0.25, 0.3) is 0 Å². The number of benzene rings is 1. The summed E-state index contributed by atoms with van der Waals surface area (Å²) in [6.07, 6.45) is 4.07. The number of nitrogens with zero attached hydrogens (tertiary/aromatic N) is 1. The molecule has 0 aliphatic carbocycles. The van der Waals surface area contributed by atoms with Crippen LogP contribution in [-0.4, -0.2) is 18.0 Å². The van der Waals surface area contributed by atoms with Crippen LogP contribution in [0.1, 0.15) is 51.2 Å². The topological polar surface area (TPSA) is 3.24 Å². The summed E-state index contributed by atoms with van der Waals surface area (Å²) in [4.78, 5) is 2.54. The molecule has 2 heteroatoms. The molecule has 0 aromatic heterocycles. The second-order valence-electron chi connectivity index (χ2n) is 6.43. The molecule has 2 rings (SSSR count). The average molecular weight is 266 g/mol. The van der Waals surface area contributed by atoms with E-state index >= 15 is 0 Å². The molecular formula is C16H24ClN. The Kier molecular flexibility index (Phi) is 4.34. The summed E-state index contributed by atoms with van der Waals surface area (Å²) < 4.78 is 0. The normalized spacial score (nSPS) is 18.0. The van der Waals surface area contributed by atoms with Crippen LogP contribution in [0, 0.1) is 0 Å². The highest BCUT2D eigenvalue weighted by atomic mass is 35.5. The van der Waals surface area contributed by atoms with Crippen LogP contribution in [-0.2, 0) is 12.0 Å². The van der Waals surface area contributed by atoms with Crippen molar-refractivity contribution < 1.29 is 0 Å². The first-order valence-corrected chi connectivity index (χ1v) is 7.35. The van der Waals surface area contributed by atoms with Crippen molar-refractivity contribution >= 4 is 11.6 Å². The summed E-state index contributed by atoms with van der Waals surface area (Å²) in [7, 11) is 0. The maximum Gasteiger partial charge on any atom is 0.0412 e. The molecule has 18 heavy (non-hydrogen) atoms. The van der Waals surface area contributed by atoms with Crippen molar-refractivity contribution in [1.29, 1.82) is 0 Å². The van der Waals surface area contributed by atoms with Crippen molar-refractivity contribution in [1.82, 2.24) is 4.90 Å². The van der Waals surface area contributed by atoms with Gasteiger partial charge in [0.25, 0.3) is 0 Å². The number of hydrogen-bond acceptors (Lipinski definition) is 1. The minimum atomic E-state index is 0.168. The van der Waals surface area contributed by atoms with E-state index in [1.165, 1.54) is 43.5 Å². The van der Waals surface area contributed by atoms with Crippen LogP contribution in [0.15, 0.2) is 18.2 Å². The fourth-order valence-electron chi connectivity index (χ4n) is 2.55. The van der Waals surface area contributed by atoms with Crippen LogP contribution in [0.2, 0.25) is 5.02 Å². The van der Waals surface area contributed by atoms with Gasteiger partial charge in [-0.1, -0.05) is 44.9 Å². The van der Waals surface area contributed by atoms with Gasteiger partial charge in [-0.05, 0) is 54.6 Å². The summed E-state index contributed by atoms with van der Waals surface area (Å²) in [6.45, 7) is 10.2. The Hall–Kier alpha value is -0.530. The highest BCUT2D eigenvalue weighted by Crippen LogP contribution is 2.27. The zero-order valence-corrected chi connectivity index (χ0v) is 12.6. The lowest BCUT2D eigenvalue weighted by Crippen LogP contribution is -2.29. The standard InChI is InChI=1S/C16H24ClN/c1-16(2,3)14-9-13(10-15(17)11-14)12-18-7-5-4-6-8-18/h9-11H,4-8,12H2,1-3H3. The predicted octanol–water partition coefficient (Wildman–Crippen LogP) is 4.62. The van der Waals surface area contributed by atoms with Crippen molar-refractivity contribution in [2.75, 3.05) is 13.1 Å². The average Bonchev–Trinajstić information content (AvgIpc) is 2.28. The van der Waals surface area contributed by atoms with Gasteiger partial charge in [-0.15, -0.1) is 0 Å². The Labute approximate surface area is 116 Å². The molecule has 1 saturated heterocycles. The highest BCUT2D eigenvalue weighted by molar-refractivity contribution is 6.30. The number of halogens is 1. The van der Waals surface area contributed by atoms with E-state index in [1.807, 2.05) is 0 Å². The van der Waals surface area contributed by atoms with Crippen LogP contribution in [0.3, 0.4) is 0 Å². The summed E-state index contributed by atoms with van der Waals surface area (Å²) in [5.41, 5.74) is 2.86. The Morgan fingerprint density at radius 2 is 1.72 bits per heavy atom. The zero-order valence-electron chi connectivity index (χ0n) is 11.8. The lowest BCUT2D eigenvalue weighted by molar-refractivity contribution is 0.221. The third-order valence-electron chi connectivity index (χ3n) is 3.68. The number of rotatable bonds is 2. The monoisotopic (exact) mass is 265 g/mol. The molecular weight excluding hydrogens is 242 g/mol. The van der Waals surface area contributed by atoms with Crippen LogP contribution >= 0.6 is 11.6 Å². The van der Waals surface area contributed by atoms with E-state index in [0.717, 1.165) is 11.6 Å². The lowest BCUT2D eigenvalue weighted by Gasteiger charge is -2.27. The van der Waals surface area contributed by atoms with E-state index in [9.17, 15) is 0 Å². The van der Waals surface area contributed by atoms with Crippen molar-refractivity contribution in [3.63, 3.8) is 0 Å². The Balaban J connectivity index is 2.14. The van der Waals surface area contributed by atoms with E-state index in [1.54, 1.807) is 0 Å². The van der Waals surface area contributed by atoms with Crippen LogP contribution < -0.4 is 0 Å². The second kappa shape index (κ2) is 5.63. The molecule has 100 valence electrons. The van der Waals surface area contributed by atoms with Gasteiger partial charge in [-0.25, -0.2) is 0 Å². The highest BCUT2D eigenvalue weighted by Gasteiger charge is 2.16. The molecule has 0 saturated carbocycles. The first-order valence-electron chi connectivity index (χ1n) is 6.97. The van der Waals surface area contributed by atoms with Crippen LogP contribution in [0.4, 0.5) is 0 Å². The van der Waals surface area contributed by atoms with Crippen molar-refractivity contribution in [2.24, 2.45) is 0 Å². The zero-order chi connectivity index (χ0) is 13.2. The molecule has 1 aromatic carbocycles. The summed E-state index contributed by atoms with van der Waals surface area (Å²) >= 11 is 6.26. The van der Waals surface area contributed by atoms with Gasteiger partial charge >= 0.3 is 0 Å². The van der Waals surface area contributed by atoms with Gasteiger partial charge in [0.2, 0.25) is 0 Å². The number of hydrogen-bond donors (Lipinski definition) is 0. The van der Waals surface area contributed by atoms with Gasteiger partial charge in [-0.2, -0.15) is 0 Å². The largest absolute Gasteiger partial charge is 0.299 e. The van der Waals surface area contributed by atoms with Gasteiger partial charge in [0.15, 0.2) is 0 Å². The molecule has 0 radical (unpaired) electrons. The fourth-order valence-corrected chi connectivity index (χ4v) is 2.81. The quantitative estimate of drug-likeness (QED) is 0.754. The first kappa shape index (κ1) is 13.9. The SMILES string of the molecule is CC(C)(C)c1cc(Cl)cc(CN2CCCCC2)c1. The van der Waals surface area contributed by atoms with E-state index in [4.69, 9.17) is 11.6 Å². The van der Waals surface area contributed by atoms with E-state index in [-0.39, 0.29) is 5.41 Å². The molecule has 1 aromatic rings. The number of piperidine rings is 1. The molecule has 0 unspecified atom stereocenters. The third-order valence-corrected chi connectivity index (χ3v) is 3.90. The minimum absolute atomic E-state index is 0.168. The van der Waals surface area contributed by atoms with Crippen molar-refractivity contribution in [3.05, 3.63) is 34.3 Å².